The molecule has 0 radical (unpaired) electrons. The molecule has 120 valence electrons. The third-order valence-corrected chi connectivity index (χ3v) is 3.18. The van der Waals surface area contributed by atoms with E-state index in [0.29, 0.717) is 0 Å². The van der Waals surface area contributed by atoms with Crippen molar-refractivity contribution in [1.29, 1.82) is 0 Å². The smallest absolute Gasteiger partial charge is 0.341 e. The first-order valence-electron chi connectivity index (χ1n) is 7.21. The molecule has 0 saturated carbocycles. The molecule has 0 unspecified atom stereocenters. The van der Waals surface area contributed by atoms with Crippen LogP contribution in [0.3, 0.4) is 0 Å². The average Bonchev–Trinajstić information content (AvgIpc) is 2.53. The van der Waals surface area contributed by atoms with E-state index in [-0.39, 0.29) is 30.1 Å². The predicted octanol–water partition coefficient (Wildman–Crippen LogP) is 3.78. The SMILES string of the molecule is CCOC(=O)c1cc(C(C)=O)c(F)cc1OCc1ccccc1. The molecule has 0 aromatic heterocycles. The van der Waals surface area contributed by atoms with Gasteiger partial charge in [-0.1, -0.05) is 30.3 Å². The van der Waals surface area contributed by atoms with Crippen LogP contribution >= 0.6 is 0 Å². The van der Waals surface area contributed by atoms with Gasteiger partial charge in [0.15, 0.2) is 5.78 Å². The quantitative estimate of drug-likeness (QED) is 0.601. The molecule has 4 nitrogen and oxygen atoms in total. The third-order valence-electron chi connectivity index (χ3n) is 3.18. The Morgan fingerprint density at radius 3 is 2.39 bits per heavy atom. The number of Topliss-reactive ketones (excluding diaryl/α,β-unsaturated/α-hetero) is 1. The molecule has 0 saturated heterocycles. The van der Waals surface area contributed by atoms with Gasteiger partial charge in [0.1, 0.15) is 23.7 Å². The summed E-state index contributed by atoms with van der Waals surface area (Å²) in [5.74, 6) is -1.80. The van der Waals surface area contributed by atoms with Gasteiger partial charge in [-0.3, -0.25) is 4.79 Å². The highest BCUT2D eigenvalue weighted by molar-refractivity contribution is 5.99. The second-order valence-electron chi connectivity index (χ2n) is 4.88. The number of halogens is 1. The van der Waals surface area contributed by atoms with E-state index >= 15 is 0 Å². The summed E-state index contributed by atoms with van der Waals surface area (Å²) in [6.07, 6.45) is 0. The molecular formula is C18H17FO4. The summed E-state index contributed by atoms with van der Waals surface area (Å²) in [5, 5.41) is 0. The van der Waals surface area contributed by atoms with Crippen molar-refractivity contribution < 1.29 is 23.5 Å². The fourth-order valence-electron chi connectivity index (χ4n) is 2.05. The number of hydrogen-bond acceptors (Lipinski definition) is 4. The molecule has 0 heterocycles. The van der Waals surface area contributed by atoms with Crippen LogP contribution in [-0.2, 0) is 11.3 Å². The van der Waals surface area contributed by atoms with Crippen LogP contribution in [0.15, 0.2) is 42.5 Å². The molecule has 0 aliphatic rings. The number of benzene rings is 2. The van der Waals surface area contributed by atoms with E-state index in [2.05, 4.69) is 0 Å². The number of carbonyl (C=O) groups is 2. The van der Waals surface area contributed by atoms with Crippen molar-refractivity contribution >= 4 is 11.8 Å². The van der Waals surface area contributed by atoms with Gasteiger partial charge in [0.05, 0.1) is 12.2 Å². The molecule has 0 aliphatic heterocycles. The Balaban J connectivity index is 2.34. The zero-order valence-electron chi connectivity index (χ0n) is 13.0. The summed E-state index contributed by atoms with van der Waals surface area (Å²) in [6.45, 7) is 3.24. The van der Waals surface area contributed by atoms with Gasteiger partial charge >= 0.3 is 5.97 Å². The van der Waals surface area contributed by atoms with Gasteiger partial charge in [0.2, 0.25) is 0 Å². The molecule has 5 heteroatoms. The molecule has 0 fully saturated rings. The highest BCUT2D eigenvalue weighted by Crippen LogP contribution is 2.25. The molecule has 23 heavy (non-hydrogen) atoms. The number of carbonyl (C=O) groups excluding carboxylic acids is 2. The molecule has 0 spiro atoms. The number of rotatable bonds is 6. The highest BCUT2D eigenvalue weighted by atomic mass is 19.1. The van der Waals surface area contributed by atoms with Gasteiger partial charge in [-0.15, -0.1) is 0 Å². The summed E-state index contributed by atoms with van der Waals surface area (Å²) in [6, 6.07) is 11.5. The number of esters is 1. The fraction of sp³-hybridized carbons (Fsp3) is 0.222. The molecule has 0 aliphatic carbocycles. The normalized spacial score (nSPS) is 10.2. The maximum absolute atomic E-state index is 14.0. The summed E-state index contributed by atoms with van der Waals surface area (Å²) in [5.41, 5.74) is 0.743. The lowest BCUT2D eigenvalue weighted by atomic mass is 10.1. The summed E-state index contributed by atoms with van der Waals surface area (Å²) >= 11 is 0. The first-order valence-corrected chi connectivity index (χ1v) is 7.21. The second-order valence-corrected chi connectivity index (χ2v) is 4.88. The van der Waals surface area contributed by atoms with E-state index < -0.39 is 17.6 Å². The lowest BCUT2D eigenvalue weighted by molar-refractivity contribution is 0.0521. The van der Waals surface area contributed by atoms with Gasteiger partial charge in [-0.25, -0.2) is 9.18 Å². The van der Waals surface area contributed by atoms with Crippen LogP contribution in [0, 0.1) is 5.82 Å². The van der Waals surface area contributed by atoms with Gasteiger partial charge in [0, 0.05) is 6.07 Å². The van der Waals surface area contributed by atoms with Crippen LogP contribution in [-0.4, -0.2) is 18.4 Å². The second kappa shape index (κ2) is 7.54. The largest absolute Gasteiger partial charge is 0.488 e. The van der Waals surface area contributed by atoms with E-state index in [0.717, 1.165) is 11.6 Å². The van der Waals surface area contributed by atoms with Crippen molar-refractivity contribution in [3.8, 4) is 5.75 Å². The van der Waals surface area contributed by atoms with Crippen LogP contribution in [0.25, 0.3) is 0 Å². The Labute approximate surface area is 133 Å². The molecule has 0 amide bonds. The Morgan fingerprint density at radius 1 is 1.09 bits per heavy atom. The summed E-state index contributed by atoms with van der Waals surface area (Å²) < 4.78 is 24.5. The molecule has 2 aromatic rings. The van der Waals surface area contributed by atoms with Gasteiger partial charge in [-0.05, 0) is 25.5 Å². The van der Waals surface area contributed by atoms with E-state index in [1.165, 1.54) is 13.0 Å². The molecule has 0 atom stereocenters. The lowest BCUT2D eigenvalue weighted by Crippen LogP contribution is -2.11. The fourth-order valence-corrected chi connectivity index (χ4v) is 2.05. The zero-order chi connectivity index (χ0) is 16.8. The number of ether oxygens (including phenoxy) is 2. The van der Waals surface area contributed by atoms with Crippen molar-refractivity contribution in [3.63, 3.8) is 0 Å². The van der Waals surface area contributed by atoms with Gasteiger partial charge < -0.3 is 9.47 Å². The van der Waals surface area contributed by atoms with E-state index in [4.69, 9.17) is 9.47 Å². The number of hydrogen-bond donors (Lipinski definition) is 0. The lowest BCUT2D eigenvalue weighted by Gasteiger charge is -2.13. The van der Waals surface area contributed by atoms with E-state index in [1.54, 1.807) is 6.92 Å². The van der Waals surface area contributed by atoms with E-state index in [9.17, 15) is 14.0 Å². The zero-order valence-corrected chi connectivity index (χ0v) is 13.0. The predicted molar refractivity (Wildman–Crippen MR) is 83.1 cm³/mol. The van der Waals surface area contributed by atoms with Crippen LogP contribution in [0.4, 0.5) is 4.39 Å². The maximum atomic E-state index is 14.0. The third kappa shape index (κ3) is 4.16. The Bertz CT molecular complexity index is 710. The van der Waals surface area contributed by atoms with Crippen LogP contribution in [0.1, 0.15) is 40.1 Å². The molecule has 0 bridgehead atoms. The van der Waals surface area contributed by atoms with Gasteiger partial charge in [0.25, 0.3) is 0 Å². The molecular weight excluding hydrogens is 299 g/mol. The molecule has 2 aromatic carbocycles. The molecule has 0 N–H and O–H groups in total. The van der Waals surface area contributed by atoms with Crippen LogP contribution in [0.2, 0.25) is 0 Å². The highest BCUT2D eigenvalue weighted by Gasteiger charge is 2.20. The Kier molecular flexibility index (Phi) is 5.46. The summed E-state index contributed by atoms with van der Waals surface area (Å²) in [4.78, 5) is 23.5. The Hall–Kier alpha value is -2.69. The van der Waals surface area contributed by atoms with Crippen molar-refractivity contribution in [2.45, 2.75) is 20.5 Å². The topological polar surface area (TPSA) is 52.6 Å². The van der Waals surface area contributed by atoms with Crippen molar-refractivity contribution in [3.05, 3.63) is 65.0 Å². The maximum Gasteiger partial charge on any atom is 0.341 e. The number of ketones is 1. The minimum Gasteiger partial charge on any atom is -0.488 e. The minimum absolute atomic E-state index is 0.0365. The summed E-state index contributed by atoms with van der Waals surface area (Å²) in [7, 11) is 0. The average molecular weight is 316 g/mol. The van der Waals surface area contributed by atoms with E-state index in [1.807, 2.05) is 30.3 Å². The standard InChI is InChI=1S/C18H17FO4/c1-3-22-18(21)15-9-14(12(2)20)16(19)10-17(15)23-11-13-7-5-4-6-8-13/h4-10H,3,11H2,1-2H3. The van der Waals surface area contributed by atoms with Gasteiger partial charge in [-0.2, -0.15) is 0 Å². The van der Waals surface area contributed by atoms with Crippen LogP contribution in [0.5, 0.6) is 5.75 Å². The monoisotopic (exact) mass is 316 g/mol. The Morgan fingerprint density at radius 2 is 1.78 bits per heavy atom. The van der Waals surface area contributed by atoms with Crippen molar-refractivity contribution in [1.82, 2.24) is 0 Å². The first kappa shape index (κ1) is 16.7. The first-order chi connectivity index (χ1) is 11.0. The van der Waals surface area contributed by atoms with Crippen molar-refractivity contribution in [2.75, 3.05) is 6.61 Å². The van der Waals surface area contributed by atoms with Crippen LogP contribution < -0.4 is 4.74 Å². The minimum atomic E-state index is -0.728. The van der Waals surface area contributed by atoms with Crippen molar-refractivity contribution in [2.24, 2.45) is 0 Å². The molecule has 2 rings (SSSR count).